The standard InChI is InChI=1S/C15H27NO3/c16-12-1-3-13(4-2-12)19-14-5-8-18-15(11-14)6-9-17-10-7-15/h12-14H,1-11,16H2. The molecular weight excluding hydrogens is 242 g/mol. The van der Waals surface area contributed by atoms with Crippen molar-refractivity contribution >= 4 is 0 Å². The van der Waals surface area contributed by atoms with E-state index >= 15 is 0 Å². The summed E-state index contributed by atoms with van der Waals surface area (Å²) in [4.78, 5) is 0. The van der Waals surface area contributed by atoms with Gasteiger partial charge in [-0.05, 0) is 44.9 Å². The molecule has 2 saturated heterocycles. The molecule has 0 aromatic heterocycles. The smallest absolute Gasteiger partial charge is 0.0751 e. The van der Waals surface area contributed by atoms with Gasteiger partial charge in [0.05, 0.1) is 17.8 Å². The van der Waals surface area contributed by atoms with Gasteiger partial charge >= 0.3 is 0 Å². The minimum absolute atomic E-state index is 0.0479. The van der Waals surface area contributed by atoms with Crippen LogP contribution >= 0.6 is 0 Å². The predicted octanol–water partition coefficient (Wildman–Crippen LogP) is 2.00. The Balaban J connectivity index is 1.50. The largest absolute Gasteiger partial charge is 0.381 e. The first-order chi connectivity index (χ1) is 9.26. The van der Waals surface area contributed by atoms with Crippen LogP contribution in [0.3, 0.4) is 0 Å². The van der Waals surface area contributed by atoms with Gasteiger partial charge in [-0.15, -0.1) is 0 Å². The minimum atomic E-state index is 0.0479. The lowest BCUT2D eigenvalue weighted by molar-refractivity contribution is -0.180. The van der Waals surface area contributed by atoms with Crippen molar-refractivity contribution in [3.05, 3.63) is 0 Å². The Morgan fingerprint density at radius 1 is 0.895 bits per heavy atom. The van der Waals surface area contributed by atoms with Crippen molar-refractivity contribution in [1.29, 1.82) is 0 Å². The summed E-state index contributed by atoms with van der Waals surface area (Å²) >= 11 is 0. The molecule has 0 radical (unpaired) electrons. The summed E-state index contributed by atoms with van der Waals surface area (Å²) in [5.41, 5.74) is 6.00. The second-order valence-corrected chi connectivity index (χ2v) is 6.43. The van der Waals surface area contributed by atoms with Gasteiger partial charge in [-0.25, -0.2) is 0 Å². The maximum Gasteiger partial charge on any atom is 0.0751 e. The van der Waals surface area contributed by atoms with Gasteiger partial charge in [0.25, 0.3) is 0 Å². The maximum absolute atomic E-state index is 6.33. The first-order valence-corrected chi connectivity index (χ1v) is 7.89. The lowest BCUT2D eigenvalue weighted by atomic mass is 9.85. The molecular formula is C15H27NO3. The molecule has 4 nitrogen and oxygen atoms in total. The van der Waals surface area contributed by atoms with Crippen LogP contribution in [0, 0.1) is 0 Å². The average molecular weight is 269 g/mol. The second kappa shape index (κ2) is 6.08. The van der Waals surface area contributed by atoms with Crippen molar-refractivity contribution in [2.24, 2.45) is 5.73 Å². The molecule has 1 spiro atoms. The predicted molar refractivity (Wildman–Crippen MR) is 73.1 cm³/mol. The van der Waals surface area contributed by atoms with Crippen molar-refractivity contribution in [2.75, 3.05) is 19.8 Å². The van der Waals surface area contributed by atoms with E-state index in [9.17, 15) is 0 Å². The van der Waals surface area contributed by atoms with Crippen molar-refractivity contribution in [1.82, 2.24) is 0 Å². The Kier molecular flexibility index (Phi) is 4.42. The molecule has 2 aliphatic heterocycles. The average Bonchev–Trinajstić information content (AvgIpc) is 2.42. The van der Waals surface area contributed by atoms with Crippen LogP contribution in [0.4, 0.5) is 0 Å². The van der Waals surface area contributed by atoms with Gasteiger partial charge in [-0.3, -0.25) is 0 Å². The van der Waals surface area contributed by atoms with Crippen LogP contribution in [0.5, 0.6) is 0 Å². The molecule has 1 atom stereocenters. The summed E-state index contributed by atoms with van der Waals surface area (Å²) in [6.45, 7) is 2.52. The number of rotatable bonds is 2. The highest BCUT2D eigenvalue weighted by molar-refractivity contribution is 4.90. The maximum atomic E-state index is 6.33. The number of hydrogen-bond acceptors (Lipinski definition) is 4. The fourth-order valence-corrected chi connectivity index (χ4v) is 3.69. The fraction of sp³-hybridized carbons (Fsp3) is 1.00. The van der Waals surface area contributed by atoms with Crippen LogP contribution in [-0.2, 0) is 14.2 Å². The first kappa shape index (κ1) is 13.8. The van der Waals surface area contributed by atoms with Crippen LogP contribution in [-0.4, -0.2) is 43.7 Å². The molecule has 0 bridgehead atoms. The Bertz CT molecular complexity index is 278. The third-order valence-corrected chi connectivity index (χ3v) is 4.96. The first-order valence-electron chi connectivity index (χ1n) is 7.89. The van der Waals surface area contributed by atoms with Gasteiger partial charge in [0.2, 0.25) is 0 Å². The van der Waals surface area contributed by atoms with E-state index in [1.807, 2.05) is 0 Å². The molecule has 0 amide bonds. The zero-order chi connectivity index (χ0) is 13.1. The van der Waals surface area contributed by atoms with Gasteiger partial charge in [0, 0.05) is 32.3 Å². The van der Waals surface area contributed by atoms with Gasteiger partial charge < -0.3 is 19.9 Å². The van der Waals surface area contributed by atoms with Crippen molar-refractivity contribution in [2.45, 2.75) is 75.2 Å². The van der Waals surface area contributed by atoms with E-state index in [1.54, 1.807) is 0 Å². The Morgan fingerprint density at radius 2 is 1.63 bits per heavy atom. The summed E-state index contributed by atoms with van der Waals surface area (Å²) in [6.07, 6.45) is 9.48. The van der Waals surface area contributed by atoms with Gasteiger partial charge in [-0.2, -0.15) is 0 Å². The van der Waals surface area contributed by atoms with E-state index in [0.29, 0.717) is 18.2 Å². The lowest BCUT2D eigenvalue weighted by Crippen LogP contribution is -2.47. The van der Waals surface area contributed by atoms with E-state index in [1.165, 1.54) is 0 Å². The summed E-state index contributed by atoms with van der Waals surface area (Å²) in [5.74, 6) is 0. The molecule has 2 N–H and O–H groups in total. The molecule has 3 aliphatic rings. The summed E-state index contributed by atoms with van der Waals surface area (Å²) in [6, 6.07) is 0.399. The molecule has 0 aromatic rings. The zero-order valence-electron chi connectivity index (χ0n) is 11.8. The van der Waals surface area contributed by atoms with Crippen LogP contribution in [0.1, 0.15) is 51.4 Å². The highest BCUT2D eigenvalue weighted by atomic mass is 16.5. The number of hydrogen-bond donors (Lipinski definition) is 1. The van der Waals surface area contributed by atoms with Crippen molar-refractivity contribution in [3.8, 4) is 0 Å². The minimum Gasteiger partial charge on any atom is -0.381 e. The third kappa shape index (κ3) is 3.48. The van der Waals surface area contributed by atoms with E-state index in [2.05, 4.69) is 0 Å². The van der Waals surface area contributed by atoms with E-state index in [4.69, 9.17) is 19.9 Å². The molecule has 1 unspecified atom stereocenters. The third-order valence-electron chi connectivity index (χ3n) is 4.96. The van der Waals surface area contributed by atoms with Gasteiger partial charge in [0.15, 0.2) is 0 Å². The summed E-state index contributed by atoms with van der Waals surface area (Å²) in [5, 5.41) is 0. The van der Waals surface area contributed by atoms with E-state index in [-0.39, 0.29) is 5.60 Å². The summed E-state index contributed by atoms with van der Waals surface area (Å²) < 4.78 is 17.9. The van der Waals surface area contributed by atoms with Gasteiger partial charge in [0.1, 0.15) is 0 Å². The topological polar surface area (TPSA) is 53.7 Å². The van der Waals surface area contributed by atoms with Crippen LogP contribution < -0.4 is 5.73 Å². The van der Waals surface area contributed by atoms with E-state index < -0.39 is 0 Å². The highest BCUT2D eigenvalue weighted by Crippen LogP contribution is 2.36. The molecule has 4 heteroatoms. The number of nitrogens with two attached hydrogens (primary N) is 1. The van der Waals surface area contributed by atoms with Crippen molar-refractivity contribution < 1.29 is 14.2 Å². The molecule has 19 heavy (non-hydrogen) atoms. The van der Waals surface area contributed by atoms with Gasteiger partial charge in [-0.1, -0.05) is 0 Å². The molecule has 1 saturated carbocycles. The van der Waals surface area contributed by atoms with Crippen LogP contribution in [0.25, 0.3) is 0 Å². The molecule has 1 aliphatic carbocycles. The molecule has 3 fully saturated rings. The Labute approximate surface area is 116 Å². The summed E-state index contributed by atoms with van der Waals surface area (Å²) in [7, 11) is 0. The van der Waals surface area contributed by atoms with Crippen LogP contribution in [0.2, 0.25) is 0 Å². The molecule has 3 rings (SSSR count). The zero-order valence-corrected chi connectivity index (χ0v) is 11.8. The second-order valence-electron chi connectivity index (χ2n) is 6.43. The quantitative estimate of drug-likeness (QED) is 0.833. The monoisotopic (exact) mass is 269 g/mol. The SMILES string of the molecule is NC1CCC(OC2CCOC3(CCOCC3)C2)CC1. The number of ether oxygens (including phenoxy) is 3. The highest BCUT2D eigenvalue weighted by Gasteiger charge is 2.40. The molecule has 2 heterocycles. The van der Waals surface area contributed by atoms with Crippen LogP contribution in [0.15, 0.2) is 0 Å². The van der Waals surface area contributed by atoms with E-state index in [0.717, 1.165) is 71.2 Å². The normalized spacial score (nSPS) is 39.3. The Hall–Kier alpha value is -0.160. The fourth-order valence-electron chi connectivity index (χ4n) is 3.69. The van der Waals surface area contributed by atoms with Crippen molar-refractivity contribution in [3.63, 3.8) is 0 Å². The molecule has 110 valence electrons. The Morgan fingerprint density at radius 3 is 2.37 bits per heavy atom. The lowest BCUT2D eigenvalue weighted by Gasteiger charge is -2.44. The molecule has 0 aromatic carbocycles.